The van der Waals surface area contributed by atoms with E-state index in [2.05, 4.69) is 18.6 Å². The van der Waals surface area contributed by atoms with Crippen molar-refractivity contribution >= 4 is 11.9 Å². The maximum absolute atomic E-state index is 11.5. The van der Waals surface area contributed by atoms with Crippen molar-refractivity contribution < 1.29 is 14.3 Å². The van der Waals surface area contributed by atoms with Crippen molar-refractivity contribution in [3.8, 4) is 0 Å². The lowest BCUT2D eigenvalue weighted by molar-refractivity contribution is -0.153. The highest BCUT2D eigenvalue weighted by atomic mass is 16.6. The number of esters is 2. The molecule has 0 amide bonds. The Balaban J connectivity index is 2.27. The van der Waals surface area contributed by atoms with E-state index in [1.807, 2.05) is 0 Å². The van der Waals surface area contributed by atoms with E-state index < -0.39 is 0 Å². The highest BCUT2D eigenvalue weighted by Gasteiger charge is 2.34. The molecule has 0 spiro atoms. The number of cyclic esters (lactones) is 2. The van der Waals surface area contributed by atoms with Gasteiger partial charge in [-0.2, -0.15) is 0 Å². The van der Waals surface area contributed by atoms with Crippen LogP contribution in [-0.2, 0) is 14.3 Å². The van der Waals surface area contributed by atoms with Gasteiger partial charge in [-0.15, -0.1) is 0 Å². The molecule has 0 N–H and O–H groups in total. The molecule has 3 nitrogen and oxygen atoms in total. The fourth-order valence-electron chi connectivity index (χ4n) is 2.93. The number of hydrogen-bond donors (Lipinski definition) is 0. The van der Waals surface area contributed by atoms with Gasteiger partial charge in [-0.1, -0.05) is 65.2 Å². The summed E-state index contributed by atoms with van der Waals surface area (Å²) in [6, 6.07) is 0. The van der Waals surface area contributed by atoms with Crippen LogP contribution in [-0.4, -0.2) is 11.9 Å². The summed E-state index contributed by atoms with van der Waals surface area (Å²) in [5, 5.41) is 0. The molecule has 1 saturated heterocycles. The number of rotatable bonds is 10. The Morgan fingerprint density at radius 1 is 1.05 bits per heavy atom. The molecule has 0 aromatic heterocycles. The maximum Gasteiger partial charge on any atom is 0.317 e. The second kappa shape index (κ2) is 9.11. The van der Waals surface area contributed by atoms with Gasteiger partial charge in [0.05, 0.1) is 12.3 Å². The number of carbonyl (C=O) groups is 2. The van der Waals surface area contributed by atoms with Crippen molar-refractivity contribution in [2.75, 3.05) is 0 Å². The van der Waals surface area contributed by atoms with Gasteiger partial charge in [-0.3, -0.25) is 9.59 Å². The Kier molecular flexibility index (Phi) is 7.76. The molecule has 2 unspecified atom stereocenters. The first-order valence-corrected chi connectivity index (χ1v) is 7.91. The molecule has 1 rings (SSSR count). The summed E-state index contributed by atoms with van der Waals surface area (Å²) in [4.78, 5) is 22.6. The zero-order chi connectivity index (χ0) is 14.1. The molecule has 2 atom stereocenters. The third-order valence-corrected chi connectivity index (χ3v) is 3.99. The summed E-state index contributed by atoms with van der Waals surface area (Å²) < 4.78 is 4.63. The fraction of sp³-hybridized carbons (Fsp3) is 0.875. The third-order valence-electron chi connectivity index (χ3n) is 3.99. The first kappa shape index (κ1) is 16.2. The van der Waals surface area contributed by atoms with E-state index in [0.717, 1.165) is 19.3 Å². The van der Waals surface area contributed by atoms with Crippen LogP contribution in [0.5, 0.6) is 0 Å². The third kappa shape index (κ3) is 6.22. The number of hydrogen-bond acceptors (Lipinski definition) is 3. The molecule has 1 aliphatic rings. The zero-order valence-corrected chi connectivity index (χ0v) is 12.5. The summed E-state index contributed by atoms with van der Waals surface area (Å²) in [6.07, 6.45) is 11.1. The second-order valence-electron chi connectivity index (χ2n) is 5.79. The van der Waals surface area contributed by atoms with Crippen molar-refractivity contribution in [1.29, 1.82) is 0 Å². The van der Waals surface area contributed by atoms with E-state index in [1.54, 1.807) is 0 Å². The molecule has 1 fully saturated rings. The van der Waals surface area contributed by atoms with E-state index in [1.165, 1.54) is 38.5 Å². The lowest BCUT2D eigenvalue weighted by Gasteiger charge is -2.17. The summed E-state index contributed by atoms with van der Waals surface area (Å²) in [5.41, 5.74) is 0. The van der Waals surface area contributed by atoms with Crippen molar-refractivity contribution in [2.45, 2.75) is 78.1 Å². The Bertz CT molecular complexity index is 286. The Morgan fingerprint density at radius 3 is 2.37 bits per heavy atom. The molecular weight excluding hydrogens is 240 g/mol. The van der Waals surface area contributed by atoms with Gasteiger partial charge in [0.1, 0.15) is 0 Å². The minimum absolute atomic E-state index is 0.167. The molecule has 0 aromatic rings. The van der Waals surface area contributed by atoms with Crippen LogP contribution in [0.1, 0.15) is 78.1 Å². The van der Waals surface area contributed by atoms with Crippen LogP contribution in [0, 0.1) is 11.8 Å². The van der Waals surface area contributed by atoms with Crippen molar-refractivity contribution in [3.05, 3.63) is 0 Å². The van der Waals surface area contributed by atoms with E-state index in [0.29, 0.717) is 12.3 Å². The summed E-state index contributed by atoms with van der Waals surface area (Å²) in [6.45, 7) is 4.41. The van der Waals surface area contributed by atoms with Gasteiger partial charge in [0.15, 0.2) is 0 Å². The quantitative estimate of drug-likeness (QED) is 0.338. The lowest BCUT2D eigenvalue weighted by Crippen LogP contribution is -2.13. The maximum atomic E-state index is 11.5. The van der Waals surface area contributed by atoms with E-state index in [-0.39, 0.29) is 17.9 Å². The normalized spacial score (nSPS) is 20.6. The molecular formula is C16H28O3. The van der Waals surface area contributed by atoms with Gasteiger partial charge in [-0.05, 0) is 12.3 Å². The van der Waals surface area contributed by atoms with Crippen LogP contribution in [0.15, 0.2) is 0 Å². The van der Waals surface area contributed by atoms with Crippen molar-refractivity contribution in [1.82, 2.24) is 0 Å². The molecule has 0 bridgehead atoms. The minimum Gasteiger partial charge on any atom is -0.393 e. The topological polar surface area (TPSA) is 43.4 Å². The standard InChI is InChI=1S/C16H28O3/c1-3-5-6-7-8-10-13(9-4-2)11-14-12-15(17)19-16(14)18/h13-14H,3-12H2,1-2H3. The SMILES string of the molecule is CCCCCCCC(CCC)CC1CC(=O)OC1=O. The molecule has 19 heavy (non-hydrogen) atoms. The molecule has 0 radical (unpaired) electrons. The summed E-state index contributed by atoms with van der Waals surface area (Å²) in [7, 11) is 0. The fourth-order valence-corrected chi connectivity index (χ4v) is 2.93. The van der Waals surface area contributed by atoms with Crippen LogP contribution in [0.3, 0.4) is 0 Å². The molecule has 3 heteroatoms. The Hall–Kier alpha value is -0.860. The average molecular weight is 268 g/mol. The predicted molar refractivity (Wildman–Crippen MR) is 75.6 cm³/mol. The molecule has 0 aromatic carbocycles. The first-order valence-electron chi connectivity index (χ1n) is 7.91. The lowest BCUT2D eigenvalue weighted by atomic mass is 9.86. The van der Waals surface area contributed by atoms with E-state index in [4.69, 9.17) is 0 Å². The van der Waals surface area contributed by atoms with Gasteiger partial charge >= 0.3 is 11.9 Å². The van der Waals surface area contributed by atoms with Gasteiger partial charge < -0.3 is 4.74 Å². The van der Waals surface area contributed by atoms with E-state index in [9.17, 15) is 9.59 Å². The van der Waals surface area contributed by atoms with Crippen LogP contribution >= 0.6 is 0 Å². The molecule has 110 valence electrons. The molecule has 0 aliphatic carbocycles. The van der Waals surface area contributed by atoms with Gasteiger partial charge in [0, 0.05) is 0 Å². The monoisotopic (exact) mass is 268 g/mol. The van der Waals surface area contributed by atoms with Crippen molar-refractivity contribution in [3.63, 3.8) is 0 Å². The highest BCUT2D eigenvalue weighted by molar-refractivity contribution is 5.94. The Labute approximate surface area is 117 Å². The number of ether oxygens (including phenoxy) is 1. The van der Waals surface area contributed by atoms with Crippen LogP contribution < -0.4 is 0 Å². The predicted octanol–water partition coefficient (Wildman–Crippen LogP) is 4.24. The first-order chi connectivity index (χ1) is 9.17. The minimum atomic E-state index is -0.340. The van der Waals surface area contributed by atoms with Crippen LogP contribution in [0.25, 0.3) is 0 Å². The summed E-state index contributed by atoms with van der Waals surface area (Å²) in [5.74, 6) is -0.222. The van der Waals surface area contributed by atoms with Crippen molar-refractivity contribution in [2.24, 2.45) is 11.8 Å². The van der Waals surface area contributed by atoms with Crippen LogP contribution in [0.4, 0.5) is 0 Å². The average Bonchev–Trinajstić information content (AvgIpc) is 2.67. The Morgan fingerprint density at radius 2 is 1.79 bits per heavy atom. The van der Waals surface area contributed by atoms with Crippen LogP contribution in [0.2, 0.25) is 0 Å². The van der Waals surface area contributed by atoms with Gasteiger partial charge in [0.2, 0.25) is 0 Å². The molecule has 1 aliphatic heterocycles. The number of unbranched alkanes of at least 4 members (excludes halogenated alkanes) is 4. The van der Waals surface area contributed by atoms with Gasteiger partial charge in [0.25, 0.3) is 0 Å². The smallest absolute Gasteiger partial charge is 0.317 e. The zero-order valence-electron chi connectivity index (χ0n) is 12.5. The van der Waals surface area contributed by atoms with Gasteiger partial charge in [-0.25, -0.2) is 0 Å². The highest BCUT2D eigenvalue weighted by Crippen LogP contribution is 2.29. The largest absolute Gasteiger partial charge is 0.393 e. The van der Waals surface area contributed by atoms with E-state index >= 15 is 0 Å². The molecule has 0 saturated carbocycles. The molecule has 1 heterocycles. The number of carbonyl (C=O) groups excluding carboxylic acids is 2. The summed E-state index contributed by atoms with van der Waals surface area (Å²) >= 11 is 0. The second-order valence-corrected chi connectivity index (χ2v) is 5.79.